The summed E-state index contributed by atoms with van der Waals surface area (Å²) in [4.78, 5) is 10.4. The van der Waals surface area contributed by atoms with Crippen LogP contribution in [0.5, 0.6) is 0 Å². The maximum Gasteiger partial charge on any atom is 0.125 e. The summed E-state index contributed by atoms with van der Waals surface area (Å²) in [6, 6.07) is 7.81. The predicted molar refractivity (Wildman–Crippen MR) is 123 cm³/mol. The van der Waals surface area contributed by atoms with Crippen molar-refractivity contribution in [2.75, 3.05) is 44.9 Å². The van der Waals surface area contributed by atoms with Crippen molar-refractivity contribution in [2.24, 2.45) is 11.5 Å². The van der Waals surface area contributed by atoms with Gasteiger partial charge in [-0.1, -0.05) is 12.1 Å². The van der Waals surface area contributed by atoms with Crippen LogP contribution in [0.15, 0.2) is 36.7 Å². The van der Waals surface area contributed by atoms with E-state index in [-0.39, 0.29) is 37.2 Å². The number of rotatable bonds is 7. The van der Waals surface area contributed by atoms with Crippen molar-refractivity contribution in [3.63, 3.8) is 0 Å². The molecule has 2 aromatic rings. The van der Waals surface area contributed by atoms with Crippen molar-refractivity contribution in [1.82, 2.24) is 14.9 Å². The molecule has 0 radical (unpaired) electrons. The minimum atomic E-state index is 0. The first kappa shape index (κ1) is 30.4. The molecule has 2 aromatic heterocycles. The summed E-state index contributed by atoms with van der Waals surface area (Å²) in [7, 11) is 5.93. The molecule has 10 heteroatoms. The SMILES string of the molecule is CN(C)CCNc1ccc(CN)cn1.CNc1ccc(CN)cn1.Cl.Cl.Cl. The highest BCUT2D eigenvalue weighted by Gasteiger charge is 1.94. The molecular formula is C17H32Cl3N7. The molecule has 0 amide bonds. The van der Waals surface area contributed by atoms with Gasteiger partial charge >= 0.3 is 0 Å². The topological polar surface area (TPSA) is 105 Å². The Kier molecular flexibility index (Phi) is 20.3. The van der Waals surface area contributed by atoms with Gasteiger partial charge in [0, 0.05) is 45.6 Å². The number of nitrogens with two attached hydrogens (primary N) is 2. The van der Waals surface area contributed by atoms with Crippen LogP contribution in [-0.2, 0) is 13.1 Å². The van der Waals surface area contributed by atoms with E-state index in [1.54, 1.807) is 12.4 Å². The van der Waals surface area contributed by atoms with Gasteiger partial charge in [-0.25, -0.2) is 9.97 Å². The van der Waals surface area contributed by atoms with Crippen molar-refractivity contribution in [3.05, 3.63) is 47.8 Å². The molecule has 0 atom stereocenters. The zero-order chi connectivity index (χ0) is 17.8. The Morgan fingerprint density at radius 3 is 1.67 bits per heavy atom. The van der Waals surface area contributed by atoms with E-state index in [1.807, 2.05) is 45.4 Å². The number of pyridine rings is 2. The number of anilines is 2. The van der Waals surface area contributed by atoms with Crippen molar-refractivity contribution < 1.29 is 0 Å². The summed E-state index contributed by atoms with van der Waals surface area (Å²) in [5.74, 6) is 1.78. The third-order valence-corrected chi connectivity index (χ3v) is 3.24. The van der Waals surface area contributed by atoms with Gasteiger partial charge in [0.1, 0.15) is 11.6 Å². The Balaban J connectivity index is -0.000000400. The highest BCUT2D eigenvalue weighted by atomic mass is 35.5. The van der Waals surface area contributed by atoms with Gasteiger partial charge in [-0.2, -0.15) is 0 Å². The lowest BCUT2D eigenvalue weighted by atomic mass is 10.3. The fourth-order valence-corrected chi connectivity index (χ4v) is 1.75. The largest absolute Gasteiger partial charge is 0.373 e. The van der Waals surface area contributed by atoms with Gasteiger partial charge in [-0.05, 0) is 37.4 Å². The van der Waals surface area contributed by atoms with Gasteiger partial charge in [0.15, 0.2) is 0 Å². The minimum Gasteiger partial charge on any atom is -0.373 e. The van der Waals surface area contributed by atoms with E-state index in [1.165, 1.54) is 0 Å². The standard InChI is InChI=1S/C10H18N4.C7H11N3.3ClH/c1-14(2)6-5-12-10-4-3-9(7-11)8-13-10;1-9-7-3-2-6(4-8)5-10-7;;;/h3-4,8H,5-7,11H2,1-2H3,(H,12,13);2-3,5H,4,8H2,1H3,(H,9,10);3*1H. The van der Waals surface area contributed by atoms with E-state index in [0.29, 0.717) is 13.1 Å². The van der Waals surface area contributed by atoms with Crippen molar-refractivity contribution in [2.45, 2.75) is 13.1 Å². The van der Waals surface area contributed by atoms with E-state index in [4.69, 9.17) is 11.5 Å². The van der Waals surface area contributed by atoms with Gasteiger partial charge in [-0.15, -0.1) is 37.2 Å². The molecule has 0 aliphatic rings. The number of nitrogens with zero attached hydrogens (tertiary/aromatic N) is 3. The van der Waals surface area contributed by atoms with E-state index in [2.05, 4.69) is 25.5 Å². The summed E-state index contributed by atoms with van der Waals surface area (Å²) in [5, 5.41) is 6.16. The molecule has 0 saturated heterocycles. The van der Waals surface area contributed by atoms with Gasteiger partial charge < -0.3 is 27.0 Å². The average Bonchev–Trinajstić information content (AvgIpc) is 2.62. The quantitative estimate of drug-likeness (QED) is 0.524. The number of nitrogens with one attached hydrogen (secondary N) is 2. The van der Waals surface area contributed by atoms with Gasteiger partial charge in [0.25, 0.3) is 0 Å². The summed E-state index contributed by atoms with van der Waals surface area (Å²) in [6.07, 6.45) is 3.57. The maximum atomic E-state index is 5.47. The third-order valence-electron chi connectivity index (χ3n) is 3.24. The number of aromatic nitrogens is 2. The zero-order valence-corrected chi connectivity index (χ0v) is 18.5. The maximum absolute atomic E-state index is 5.47. The smallest absolute Gasteiger partial charge is 0.125 e. The summed E-state index contributed by atoms with van der Waals surface area (Å²) in [5.41, 5.74) is 13.0. The van der Waals surface area contributed by atoms with Crippen molar-refractivity contribution in [1.29, 1.82) is 0 Å². The first-order valence-electron chi connectivity index (χ1n) is 7.95. The van der Waals surface area contributed by atoms with Crippen LogP contribution < -0.4 is 22.1 Å². The Morgan fingerprint density at radius 2 is 1.33 bits per heavy atom. The van der Waals surface area contributed by atoms with Crippen LogP contribution in [-0.4, -0.2) is 49.1 Å². The number of likely N-dealkylation sites (N-methyl/N-ethyl adjacent to an activating group) is 1. The Hall–Kier alpha value is -1.35. The van der Waals surface area contributed by atoms with E-state index in [9.17, 15) is 0 Å². The van der Waals surface area contributed by atoms with Crippen molar-refractivity contribution >= 4 is 48.9 Å². The Bertz CT molecular complexity index is 543. The van der Waals surface area contributed by atoms with Crippen LogP contribution in [0.1, 0.15) is 11.1 Å². The van der Waals surface area contributed by atoms with Crippen LogP contribution >= 0.6 is 37.2 Å². The number of hydrogen-bond acceptors (Lipinski definition) is 7. The fraction of sp³-hybridized carbons (Fsp3) is 0.412. The van der Waals surface area contributed by atoms with Crippen LogP contribution in [0, 0.1) is 0 Å². The van der Waals surface area contributed by atoms with Crippen LogP contribution in [0.3, 0.4) is 0 Å². The summed E-state index contributed by atoms with van der Waals surface area (Å²) >= 11 is 0. The monoisotopic (exact) mass is 439 g/mol. The van der Waals surface area contributed by atoms with Crippen LogP contribution in [0.2, 0.25) is 0 Å². The lowest BCUT2D eigenvalue weighted by Crippen LogP contribution is -2.21. The molecule has 0 fully saturated rings. The normalized spacial score (nSPS) is 8.96. The molecule has 7 nitrogen and oxygen atoms in total. The second-order valence-electron chi connectivity index (χ2n) is 5.49. The molecule has 27 heavy (non-hydrogen) atoms. The summed E-state index contributed by atoms with van der Waals surface area (Å²) < 4.78 is 0. The molecule has 156 valence electrons. The molecule has 6 N–H and O–H groups in total. The lowest BCUT2D eigenvalue weighted by molar-refractivity contribution is 0.425. The third kappa shape index (κ3) is 13.5. The average molecular weight is 441 g/mol. The number of hydrogen-bond donors (Lipinski definition) is 4. The molecule has 0 unspecified atom stereocenters. The molecular weight excluding hydrogens is 409 g/mol. The van der Waals surface area contributed by atoms with E-state index in [0.717, 1.165) is 35.9 Å². The summed E-state index contributed by atoms with van der Waals surface area (Å²) in [6.45, 7) is 3.00. The molecule has 0 spiro atoms. The highest BCUT2D eigenvalue weighted by molar-refractivity contribution is 5.86. The van der Waals surface area contributed by atoms with E-state index >= 15 is 0 Å². The first-order valence-corrected chi connectivity index (χ1v) is 7.95. The van der Waals surface area contributed by atoms with Gasteiger partial charge in [-0.3, -0.25) is 0 Å². The van der Waals surface area contributed by atoms with Gasteiger partial charge in [0.05, 0.1) is 0 Å². The molecule has 0 saturated carbocycles. The second-order valence-corrected chi connectivity index (χ2v) is 5.49. The fourth-order valence-electron chi connectivity index (χ4n) is 1.75. The Labute approximate surface area is 180 Å². The highest BCUT2D eigenvalue weighted by Crippen LogP contribution is 2.03. The lowest BCUT2D eigenvalue weighted by Gasteiger charge is -2.10. The molecule has 2 rings (SSSR count). The van der Waals surface area contributed by atoms with E-state index < -0.39 is 0 Å². The van der Waals surface area contributed by atoms with Crippen LogP contribution in [0.25, 0.3) is 0 Å². The van der Waals surface area contributed by atoms with Crippen molar-refractivity contribution in [3.8, 4) is 0 Å². The predicted octanol–water partition coefficient (Wildman–Crippen LogP) is 2.36. The van der Waals surface area contributed by atoms with Crippen LogP contribution in [0.4, 0.5) is 11.6 Å². The van der Waals surface area contributed by atoms with Gasteiger partial charge in [0.2, 0.25) is 0 Å². The zero-order valence-electron chi connectivity index (χ0n) is 16.0. The molecule has 0 bridgehead atoms. The number of halogens is 3. The second kappa shape index (κ2) is 18.0. The Morgan fingerprint density at radius 1 is 0.852 bits per heavy atom. The molecule has 0 aromatic carbocycles. The molecule has 2 heterocycles. The molecule has 0 aliphatic heterocycles. The molecule has 0 aliphatic carbocycles. The first-order chi connectivity index (χ1) is 11.6. The minimum absolute atomic E-state index is 0.